The van der Waals surface area contributed by atoms with Gasteiger partial charge in [-0.15, -0.1) is 21.8 Å². The molecule has 16 heavy (non-hydrogen) atoms. The second-order valence-corrected chi connectivity index (χ2v) is 5.18. The molecule has 2 rings (SSSR count). The molecule has 5 heteroatoms. The van der Waals surface area contributed by atoms with E-state index >= 15 is 0 Å². The standard InChI is InChI=1S/C11H17ClN2O2/c1-5-7(3)15-8(4)9(5)11-14-13-10(16-11)6(2)12/h5-9H,1-4H3. The third kappa shape index (κ3) is 1.96. The molecule has 4 nitrogen and oxygen atoms in total. The summed E-state index contributed by atoms with van der Waals surface area (Å²) < 4.78 is 11.3. The van der Waals surface area contributed by atoms with Crippen LogP contribution in [0.4, 0.5) is 0 Å². The van der Waals surface area contributed by atoms with Gasteiger partial charge in [-0.3, -0.25) is 0 Å². The van der Waals surface area contributed by atoms with Gasteiger partial charge in [-0.05, 0) is 26.7 Å². The first-order valence-corrected chi connectivity index (χ1v) is 6.07. The molecule has 0 amide bonds. The highest BCUT2D eigenvalue weighted by atomic mass is 35.5. The highest BCUT2D eigenvalue weighted by Crippen LogP contribution is 2.39. The molecule has 0 radical (unpaired) electrons. The SMILES string of the molecule is CC(Cl)c1nnc(C2C(C)OC(C)C2C)o1. The lowest BCUT2D eigenvalue weighted by Crippen LogP contribution is -2.15. The second kappa shape index (κ2) is 4.34. The molecule has 0 spiro atoms. The van der Waals surface area contributed by atoms with Crippen molar-refractivity contribution in [2.75, 3.05) is 0 Å². The molecule has 1 aliphatic heterocycles. The van der Waals surface area contributed by atoms with Crippen LogP contribution in [-0.2, 0) is 4.74 Å². The molecule has 1 fully saturated rings. The van der Waals surface area contributed by atoms with Crippen molar-refractivity contribution in [1.29, 1.82) is 0 Å². The van der Waals surface area contributed by atoms with Gasteiger partial charge < -0.3 is 9.15 Å². The van der Waals surface area contributed by atoms with Crippen LogP contribution < -0.4 is 0 Å². The quantitative estimate of drug-likeness (QED) is 0.751. The van der Waals surface area contributed by atoms with Gasteiger partial charge in [0, 0.05) is 0 Å². The van der Waals surface area contributed by atoms with Gasteiger partial charge in [0.05, 0.1) is 18.1 Å². The van der Waals surface area contributed by atoms with Crippen molar-refractivity contribution in [3.63, 3.8) is 0 Å². The van der Waals surface area contributed by atoms with Gasteiger partial charge in [-0.25, -0.2) is 0 Å². The lowest BCUT2D eigenvalue weighted by molar-refractivity contribution is 0.0544. The molecule has 5 unspecified atom stereocenters. The van der Waals surface area contributed by atoms with Gasteiger partial charge >= 0.3 is 0 Å². The van der Waals surface area contributed by atoms with Crippen LogP contribution in [0, 0.1) is 5.92 Å². The molecule has 1 aliphatic rings. The summed E-state index contributed by atoms with van der Waals surface area (Å²) in [6.45, 7) is 8.08. The fourth-order valence-corrected chi connectivity index (χ4v) is 2.32. The van der Waals surface area contributed by atoms with Gasteiger partial charge in [-0.2, -0.15) is 0 Å². The summed E-state index contributed by atoms with van der Waals surface area (Å²) in [5, 5.41) is 7.78. The second-order valence-electron chi connectivity index (χ2n) is 4.53. The molecule has 1 aromatic heterocycles. The Hall–Kier alpha value is -0.610. The van der Waals surface area contributed by atoms with E-state index < -0.39 is 0 Å². The first-order valence-electron chi connectivity index (χ1n) is 5.63. The van der Waals surface area contributed by atoms with E-state index in [-0.39, 0.29) is 23.5 Å². The van der Waals surface area contributed by atoms with E-state index in [0.717, 1.165) is 0 Å². The number of hydrogen-bond acceptors (Lipinski definition) is 4. The maximum atomic E-state index is 5.90. The fraction of sp³-hybridized carbons (Fsp3) is 0.818. The number of alkyl halides is 1. The van der Waals surface area contributed by atoms with Crippen LogP contribution >= 0.6 is 11.6 Å². The average Bonchev–Trinajstić information content (AvgIpc) is 2.74. The Balaban J connectivity index is 2.23. The zero-order valence-electron chi connectivity index (χ0n) is 9.98. The van der Waals surface area contributed by atoms with Crippen molar-refractivity contribution in [3.05, 3.63) is 11.8 Å². The van der Waals surface area contributed by atoms with E-state index in [2.05, 4.69) is 24.0 Å². The average molecular weight is 245 g/mol. The van der Waals surface area contributed by atoms with E-state index in [1.165, 1.54) is 0 Å². The molecular formula is C11H17ClN2O2. The zero-order chi connectivity index (χ0) is 11.9. The van der Waals surface area contributed by atoms with Crippen LogP contribution in [-0.4, -0.2) is 22.4 Å². The molecule has 0 aliphatic carbocycles. The number of hydrogen-bond donors (Lipinski definition) is 0. The predicted octanol–water partition coefficient (Wildman–Crippen LogP) is 2.90. The Labute approximate surface area is 100 Å². The smallest absolute Gasteiger partial charge is 0.234 e. The molecule has 5 atom stereocenters. The molecule has 0 N–H and O–H groups in total. The van der Waals surface area contributed by atoms with Crippen LogP contribution in [0.5, 0.6) is 0 Å². The Morgan fingerprint density at radius 3 is 2.31 bits per heavy atom. The maximum Gasteiger partial charge on any atom is 0.234 e. The molecule has 1 aromatic rings. The van der Waals surface area contributed by atoms with Gasteiger partial charge in [0.1, 0.15) is 5.38 Å². The molecule has 0 aromatic carbocycles. The van der Waals surface area contributed by atoms with Crippen molar-refractivity contribution in [2.45, 2.75) is 51.2 Å². The first kappa shape index (κ1) is 11.9. The van der Waals surface area contributed by atoms with Crippen LogP contribution in [0.25, 0.3) is 0 Å². The van der Waals surface area contributed by atoms with Crippen LogP contribution in [0.3, 0.4) is 0 Å². The van der Waals surface area contributed by atoms with Crippen molar-refractivity contribution < 1.29 is 9.15 Å². The molecule has 1 saturated heterocycles. The topological polar surface area (TPSA) is 48.2 Å². The Bertz CT molecular complexity index is 367. The largest absolute Gasteiger partial charge is 0.423 e. The Kier molecular flexibility index (Phi) is 3.22. The summed E-state index contributed by atoms with van der Waals surface area (Å²) in [4.78, 5) is 0. The Morgan fingerprint density at radius 1 is 1.19 bits per heavy atom. The predicted molar refractivity (Wildman–Crippen MR) is 60.5 cm³/mol. The zero-order valence-corrected chi connectivity index (χ0v) is 10.7. The Morgan fingerprint density at radius 2 is 1.88 bits per heavy atom. The van der Waals surface area contributed by atoms with Crippen molar-refractivity contribution in [2.24, 2.45) is 5.92 Å². The van der Waals surface area contributed by atoms with Gasteiger partial charge in [0.15, 0.2) is 0 Å². The van der Waals surface area contributed by atoms with Crippen LogP contribution in [0.15, 0.2) is 4.42 Å². The molecule has 2 heterocycles. The van der Waals surface area contributed by atoms with E-state index in [9.17, 15) is 0 Å². The summed E-state index contributed by atoms with van der Waals surface area (Å²) in [6, 6.07) is 0. The normalized spacial score (nSPS) is 36.6. The fourth-order valence-electron chi connectivity index (χ4n) is 2.23. The molecule has 90 valence electrons. The molecule has 0 bridgehead atoms. The van der Waals surface area contributed by atoms with E-state index in [1.54, 1.807) is 0 Å². The number of aromatic nitrogens is 2. The number of ether oxygens (including phenoxy) is 1. The summed E-state index contributed by atoms with van der Waals surface area (Å²) in [7, 11) is 0. The number of halogens is 1. The van der Waals surface area contributed by atoms with Crippen molar-refractivity contribution in [3.8, 4) is 0 Å². The minimum absolute atomic E-state index is 0.115. The highest BCUT2D eigenvalue weighted by Gasteiger charge is 2.41. The van der Waals surface area contributed by atoms with E-state index in [0.29, 0.717) is 17.7 Å². The lowest BCUT2D eigenvalue weighted by atomic mass is 9.89. The summed E-state index contributed by atoms with van der Waals surface area (Å²) in [5.41, 5.74) is 0. The van der Waals surface area contributed by atoms with Gasteiger partial charge in [-0.1, -0.05) is 6.92 Å². The van der Waals surface area contributed by atoms with E-state index in [1.807, 2.05) is 13.8 Å². The summed E-state index contributed by atoms with van der Waals surface area (Å²) in [6.07, 6.45) is 0.340. The minimum Gasteiger partial charge on any atom is -0.423 e. The van der Waals surface area contributed by atoms with Gasteiger partial charge in [0.25, 0.3) is 0 Å². The summed E-state index contributed by atoms with van der Waals surface area (Å²) in [5.74, 6) is 1.68. The van der Waals surface area contributed by atoms with Gasteiger partial charge in [0.2, 0.25) is 11.8 Å². The van der Waals surface area contributed by atoms with Crippen molar-refractivity contribution in [1.82, 2.24) is 10.2 Å². The maximum absolute atomic E-state index is 5.90. The third-order valence-electron chi connectivity index (χ3n) is 3.32. The third-order valence-corrected chi connectivity index (χ3v) is 3.51. The van der Waals surface area contributed by atoms with Crippen LogP contribution in [0.1, 0.15) is 50.8 Å². The number of rotatable bonds is 2. The molecular weight excluding hydrogens is 228 g/mol. The number of nitrogens with zero attached hydrogens (tertiary/aromatic N) is 2. The highest BCUT2D eigenvalue weighted by molar-refractivity contribution is 6.20. The van der Waals surface area contributed by atoms with E-state index in [4.69, 9.17) is 20.8 Å². The minimum atomic E-state index is -0.244. The first-order chi connectivity index (χ1) is 7.50. The lowest BCUT2D eigenvalue weighted by Gasteiger charge is -2.13. The van der Waals surface area contributed by atoms with Crippen LogP contribution in [0.2, 0.25) is 0 Å². The molecule has 0 saturated carbocycles. The van der Waals surface area contributed by atoms with Crippen molar-refractivity contribution >= 4 is 11.6 Å². The monoisotopic (exact) mass is 244 g/mol. The summed E-state index contributed by atoms with van der Waals surface area (Å²) >= 11 is 5.90.